The maximum Gasteiger partial charge on any atom is 0.250 e. The largest absolute Gasteiger partial charge is 0.493 e. The standard InChI is InChI=1S/C27H32N2O4S/c1-5-6-7-16-32-24-14-8-20(17-25(24)31-4)9-15-26(30)29-27-28-23(18-34-27)21-10-12-22(13-11-21)33-19(2)3/h8-15,17-19H,5-7,16H2,1-4H3,(H,28,29,30)/b15-9+. The molecule has 0 spiro atoms. The minimum absolute atomic E-state index is 0.128. The molecule has 0 fully saturated rings. The van der Waals surface area contributed by atoms with Gasteiger partial charge in [0.2, 0.25) is 5.91 Å². The highest BCUT2D eigenvalue weighted by Gasteiger charge is 2.08. The number of rotatable bonds is 12. The van der Waals surface area contributed by atoms with Gasteiger partial charge in [0.15, 0.2) is 16.6 Å². The van der Waals surface area contributed by atoms with Crippen molar-refractivity contribution in [2.75, 3.05) is 19.0 Å². The Morgan fingerprint density at radius 3 is 2.62 bits per heavy atom. The van der Waals surface area contributed by atoms with Crippen molar-refractivity contribution in [3.8, 4) is 28.5 Å². The fourth-order valence-electron chi connectivity index (χ4n) is 3.20. The molecular formula is C27H32N2O4S. The Balaban J connectivity index is 1.57. The van der Waals surface area contributed by atoms with Crippen molar-refractivity contribution in [2.45, 2.75) is 46.1 Å². The summed E-state index contributed by atoms with van der Waals surface area (Å²) in [5.41, 5.74) is 2.61. The molecular weight excluding hydrogens is 448 g/mol. The number of thiazole rings is 1. The van der Waals surface area contributed by atoms with E-state index in [0.29, 0.717) is 23.2 Å². The minimum Gasteiger partial charge on any atom is -0.493 e. The van der Waals surface area contributed by atoms with Crippen LogP contribution in [0.3, 0.4) is 0 Å². The van der Waals surface area contributed by atoms with Gasteiger partial charge >= 0.3 is 0 Å². The average molecular weight is 481 g/mol. The van der Waals surface area contributed by atoms with Gasteiger partial charge in [-0.05, 0) is 68.3 Å². The highest BCUT2D eigenvalue weighted by Crippen LogP contribution is 2.29. The van der Waals surface area contributed by atoms with Gasteiger partial charge in [0.1, 0.15) is 5.75 Å². The highest BCUT2D eigenvalue weighted by molar-refractivity contribution is 7.14. The summed E-state index contributed by atoms with van der Waals surface area (Å²) in [5, 5.41) is 5.28. The number of hydrogen-bond donors (Lipinski definition) is 1. The number of amides is 1. The number of unbranched alkanes of at least 4 members (excludes halogenated alkanes) is 2. The maximum absolute atomic E-state index is 12.4. The van der Waals surface area contributed by atoms with Gasteiger partial charge in [-0.15, -0.1) is 11.3 Å². The highest BCUT2D eigenvalue weighted by atomic mass is 32.1. The van der Waals surface area contributed by atoms with Crippen LogP contribution in [0.2, 0.25) is 0 Å². The summed E-state index contributed by atoms with van der Waals surface area (Å²) in [6, 6.07) is 13.4. The van der Waals surface area contributed by atoms with E-state index < -0.39 is 0 Å². The lowest BCUT2D eigenvalue weighted by atomic mass is 10.2. The number of hydrogen-bond acceptors (Lipinski definition) is 6. The van der Waals surface area contributed by atoms with E-state index in [1.54, 1.807) is 13.2 Å². The second-order valence-corrected chi connectivity index (χ2v) is 8.88. The van der Waals surface area contributed by atoms with E-state index in [9.17, 15) is 4.79 Å². The first-order valence-electron chi connectivity index (χ1n) is 11.5. The maximum atomic E-state index is 12.4. The molecule has 3 rings (SSSR count). The molecule has 3 aromatic rings. The molecule has 2 aromatic carbocycles. The van der Waals surface area contributed by atoms with Crippen molar-refractivity contribution >= 4 is 28.5 Å². The van der Waals surface area contributed by atoms with Crippen LogP contribution in [0, 0.1) is 0 Å². The normalized spacial score (nSPS) is 11.1. The fourth-order valence-corrected chi connectivity index (χ4v) is 3.92. The summed E-state index contributed by atoms with van der Waals surface area (Å²) >= 11 is 1.38. The van der Waals surface area contributed by atoms with E-state index >= 15 is 0 Å². The van der Waals surface area contributed by atoms with E-state index in [1.807, 2.05) is 61.7 Å². The second kappa shape index (κ2) is 12.8. The molecule has 0 radical (unpaired) electrons. The fraction of sp³-hybridized carbons (Fsp3) is 0.333. The van der Waals surface area contributed by atoms with Crippen LogP contribution >= 0.6 is 11.3 Å². The molecule has 0 bridgehead atoms. The van der Waals surface area contributed by atoms with Crippen molar-refractivity contribution in [1.82, 2.24) is 4.98 Å². The van der Waals surface area contributed by atoms with Crippen molar-refractivity contribution in [3.63, 3.8) is 0 Å². The Labute approximate surface area is 205 Å². The van der Waals surface area contributed by atoms with E-state index in [1.165, 1.54) is 17.4 Å². The van der Waals surface area contributed by atoms with Crippen LogP contribution in [0.1, 0.15) is 45.6 Å². The number of carbonyl (C=O) groups excluding carboxylic acids is 1. The van der Waals surface area contributed by atoms with E-state index in [0.717, 1.165) is 41.8 Å². The third kappa shape index (κ3) is 7.63. The van der Waals surface area contributed by atoms with Gasteiger partial charge in [-0.1, -0.05) is 25.8 Å². The van der Waals surface area contributed by atoms with Gasteiger partial charge in [-0.25, -0.2) is 4.98 Å². The van der Waals surface area contributed by atoms with Crippen LogP contribution in [0.4, 0.5) is 5.13 Å². The first-order chi connectivity index (χ1) is 16.5. The third-order valence-electron chi connectivity index (χ3n) is 4.88. The summed E-state index contributed by atoms with van der Waals surface area (Å²) in [4.78, 5) is 16.9. The van der Waals surface area contributed by atoms with Crippen molar-refractivity contribution in [3.05, 3.63) is 59.5 Å². The number of carbonyl (C=O) groups is 1. The molecule has 0 aliphatic carbocycles. The van der Waals surface area contributed by atoms with E-state index in [2.05, 4.69) is 17.2 Å². The molecule has 0 saturated heterocycles. The zero-order valence-electron chi connectivity index (χ0n) is 20.2. The predicted molar refractivity (Wildman–Crippen MR) is 139 cm³/mol. The van der Waals surface area contributed by atoms with Gasteiger partial charge in [-0.3, -0.25) is 10.1 Å². The molecule has 1 N–H and O–H groups in total. The third-order valence-corrected chi connectivity index (χ3v) is 5.63. The summed E-state index contributed by atoms with van der Waals surface area (Å²) in [6.07, 6.45) is 6.64. The smallest absolute Gasteiger partial charge is 0.250 e. The number of benzene rings is 2. The molecule has 1 heterocycles. The summed E-state index contributed by atoms with van der Waals surface area (Å²) < 4.78 is 16.9. The molecule has 0 atom stereocenters. The van der Waals surface area contributed by atoms with Crippen LogP contribution < -0.4 is 19.5 Å². The lowest BCUT2D eigenvalue weighted by Crippen LogP contribution is -2.07. The molecule has 0 unspecified atom stereocenters. The minimum atomic E-state index is -0.250. The van der Waals surface area contributed by atoms with Crippen LogP contribution in [-0.2, 0) is 4.79 Å². The van der Waals surface area contributed by atoms with Crippen LogP contribution in [0.5, 0.6) is 17.2 Å². The molecule has 0 saturated carbocycles. The monoisotopic (exact) mass is 480 g/mol. The Morgan fingerprint density at radius 1 is 1.12 bits per heavy atom. The Bertz CT molecular complexity index is 1090. The molecule has 180 valence electrons. The van der Waals surface area contributed by atoms with Crippen molar-refractivity contribution < 1.29 is 19.0 Å². The molecule has 1 amide bonds. The quantitative estimate of drug-likeness (QED) is 0.227. The number of nitrogens with zero attached hydrogens (tertiary/aromatic N) is 1. The van der Waals surface area contributed by atoms with E-state index in [4.69, 9.17) is 14.2 Å². The number of anilines is 1. The molecule has 7 heteroatoms. The topological polar surface area (TPSA) is 69.7 Å². The van der Waals surface area contributed by atoms with Crippen LogP contribution in [0.15, 0.2) is 53.9 Å². The van der Waals surface area contributed by atoms with Gasteiger partial charge in [-0.2, -0.15) is 0 Å². The number of methoxy groups -OCH3 is 1. The van der Waals surface area contributed by atoms with Gasteiger partial charge < -0.3 is 14.2 Å². The van der Waals surface area contributed by atoms with E-state index in [-0.39, 0.29) is 12.0 Å². The Hall–Kier alpha value is -3.32. The van der Waals surface area contributed by atoms with Gasteiger partial charge in [0.05, 0.1) is 25.5 Å². The molecule has 0 aliphatic rings. The van der Waals surface area contributed by atoms with Crippen molar-refractivity contribution in [2.24, 2.45) is 0 Å². The zero-order chi connectivity index (χ0) is 24.3. The Kier molecular flexibility index (Phi) is 9.52. The van der Waals surface area contributed by atoms with Gasteiger partial charge in [0.25, 0.3) is 0 Å². The summed E-state index contributed by atoms with van der Waals surface area (Å²) in [5.74, 6) is 1.92. The number of nitrogens with one attached hydrogen (secondary N) is 1. The molecule has 0 aliphatic heterocycles. The summed E-state index contributed by atoms with van der Waals surface area (Å²) in [7, 11) is 1.61. The summed E-state index contributed by atoms with van der Waals surface area (Å²) in [6.45, 7) is 6.81. The van der Waals surface area contributed by atoms with Crippen LogP contribution in [-0.4, -0.2) is 30.7 Å². The average Bonchev–Trinajstić information content (AvgIpc) is 3.29. The first-order valence-corrected chi connectivity index (χ1v) is 12.4. The molecule has 6 nitrogen and oxygen atoms in total. The second-order valence-electron chi connectivity index (χ2n) is 8.02. The molecule has 1 aromatic heterocycles. The van der Waals surface area contributed by atoms with Crippen LogP contribution in [0.25, 0.3) is 17.3 Å². The van der Waals surface area contributed by atoms with Crippen molar-refractivity contribution in [1.29, 1.82) is 0 Å². The lowest BCUT2D eigenvalue weighted by molar-refractivity contribution is -0.111. The van der Waals surface area contributed by atoms with Gasteiger partial charge in [0, 0.05) is 17.0 Å². The number of ether oxygens (including phenoxy) is 3. The lowest BCUT2D eigenvalue weighted by Gasteiger charge is -2.11. The SMILES string of the molecule is CCCCCOc1ccc(/C=C/C(=O)Nc2nc(-c3ccc(OC(C)C)cc3)cs2)cc1OC. The first kappa shape index (κ1) is 25.3. The molecule has 34 heavy (non-hydrogen) atoms. The Morgan fingerprint density at radius 2 is 1.91 bits per heavy atom. The predicted octanol–water partition coefficient (Wildman–Crippen LogP) is 6.83. The number of aromatic nitrogens is 1. The zero-order valence-corrected chi connectivity index (χ0v) is 21.0.